The molecule has 0 N–H and O–H groups in total. The summed E-state index contributed by atoms with van der Waals surface area (Å²) in [5.74, 6) is -0.0289. The van der Waals surface area contributed by atoms with Crippen molar-refractivity contribution < 1.29 is 14.4 Å². The van der Waals surface area contributed by atoms with E-state index in [9.17, 15) is 9.59 Å². The second-order valence-electron chi connectivity index (χ2n) is 5.27. The summed E-state index contributed by atoms with van der Waals surface area (Å²) in [4.78, 5) is 28.2. The van der Waals surface area contributed by atoms with Crippen LogP contribution in [0.4, 0.5) is 0 Å². The molecule has 116 valence electrons. The average molecular weight is 291 g/mol. The minimum absolute atomic E-state index is 0.112. The molecule has 1 aromatic carbocycles. The van der Waals surface area contributed by atoms with Gasteiger partial charge in [-0.2, -0.15) is 0 Å². The minimum Gasteiger partial charge on any atom is -0.300 e. The standard InChI is InChI=1S/C17H25NO3/c1-3-4-6-11-17(15(2)20)12-18(14-19)21-13-16-9-7-5-8-10-16/h5,7-10,14,17H,3-4,6,11-13H2,1-2H3/t17-/m1/s1. The van der Waals surface area contributed by atoms with E-state index in [2.05, 4.69) is 6.92 Å². The van der Waals surface area contributed by atoms with Gasteiger partial charge in [0.25, 0.3) is 0 Å². The van der Waals surface area contributed by atoms with Gasteiger partial charge in [0.1, 0.15) is 12.4 Å². The predicted molar refractivity (Wildman–Crippen MR) is 82.3 cm³/mol. The van der Waals surface area contributed by atoms with Crippen LogP contribution in [0.2, 0.25) is 0 Å². The Morgan fingerprint density at radius 1 is 1.29 bits per heavy atom. The van der Waals surface area contributed by atoms with Gasteiger partial charge in [0.05, 0.1) is 6.54 Å². The van der Waals surface area contributed by atoms with Crippen molar-refractivity contribution in [2.24, 2.45) is 5.92 Å². The summed E-state index contributed by atoms with van der Waals surface area (Å²) in [6.45, 7) is 4.37. The second kappa shape index (κ2) is 10.1. The van der Waals surface area contributed by atoms with Crippen LogP contribution in [0.15, 0.2) is 30.3 Å². The molecule has 0 aliphatic rings. The van der Waals surface area contributed by atoms with Crippen LogP contribution in [0.5, 0.6) is 0 Å². The molecule has 4 nitrogen and oxygen atoms in total. The van der Waals surface area contributed by atoms with Crippen LogP contribution in [-0.2, 0) is 21.0 Å². The lowest BCUT2D eigenvalue weighted by Gasteiger charge is -2.22. The van der Waals surface area contributed by atoms with Crippen LogP contribution in [0, 0.1) is 5.92 Å². The Balaban J connectivity index is 2.46. The Labute approximate surface area is 127 Å². The molecular formula is C17H25NO3. The lowest BCUT2D eigenvalue weighted by atomic mass is 9.97. The number of amides is 1. The number of hydrogen-bond donors (Lipinski definition) is 0. The minimum atomic E-state index is -0.141. The molecule has 21 heavy (non-hydrogen) atoms. The Morgan fingerprint density at radius 3 is 2.57 bits per heavy atom. The Bertz CT molecular complexity index is 419. The van der Waals surface area contributed by atoms with E-state index in [-0.39, 0.29) is 11.7 Å². The number of carbonyl (C=O) groups is 2. The number of hydroxylamine groups is 2. The van der Waals surface area contributed by atoms with Gasteiger partial charge in [0.15, 0.2) is 0 Å². The molecule has 0 saturated carbocycles. The van der Waals surface area contributed by atoms with E-state index < -0.39 is 0 Å². The molecule has 0 aromatic heterocycles. The van der Waals surface area contributed by atoms with E-state index in [0.717, 1.165) is 31.2 Å². The maximum Gasteiger partial charge on any atom is 0.233 e. The van der Waals surface area contributed by atoms with Crippen LogP contribution in [0.25, 0.3) is 0 Å². The quantitative estimate of drug-likeness (QED) is 0.357. The van der Waals surface area contributed by atoms with Gasteiger partial charge in [-0.1, -0.05) is 56.5 Å². The van der Waals surface area contributed by atoms with E-state index in [0.29, 0.717) is 19.6 Å². The molecule has 0 aliphatic heterocycles. The molecule has 0 spiro atoms. The van der Waals surface area contributed by atoms with Gasteiger partial charge in [0, 0.05) is 5.92 Å². The van der Waals surface area contributed by atoms with Crippen molar-refractivity contribution in [2.75, 3.05) is 6.54 Å². The molecular weight excluding hydrogens is 266 g/mol. The number of benzene rings is 1. The first-order valence-corrected chi connectivity index (χ1v) is 7.56. The van der Waals surface area contributed by atoms with E-state index >= 15 is 0 Å². The highest BCUT2D eigenvalue weighted by Crippen LogP contribution is 2.13. The largest absolute Gasteiger partial charge is 0.300 e. The molecule has 0 radical (unpaired) electrons. The van der Waals surface area contributed by atoms with Crippen molar-refractivity contribution in [1.29, 1.82) is 0 Å². The SMILES string of the molecule is CCCCC[C@H](CN(C=O)OCc1ccccc1)C(C)=O. The molecule has 0 heterocycles. The third-order valence-corrected chi connectivity index (χ3v) is 3.49. The molecule has 0 bridgehead atoms. The summed E-state index contributed by atoms with van der Waals surface area (Å²) in [6, 6.07) is 9.65. The topological polar surface area (TPSA) is 46.6 Å². The summed E-state index contributed by atoms with van der Waals surface area (Å²) in [5.41, 5.74) is 0.995. The van der Waals surface area contributed by atoms with E-state index in [1.165, 1.54) is 5.06 Å². The van der Waals surface area contributed by atoms with Crippen molar-refractivity contribution in [2.45, 2.75) is 46.1 Å². The summed E-state index contributed by atoms with van der Waals surface area (Å²) in [6.07, 6.45) is 4.69. The molecule has 1 amide bonds. The van der Waals surface area contributed by atoms with Crippen LogP contribution >= 0.6 is 0 Å². The van der Waals surface area contributed by atoms with Crippen LogP contribution in [0.3, 0.4) is 0 Å². The number of hydrogen-bond acceptors (Lipinski definition) is 3. The fourth-order valence-electron chi connectivity index (χ4n) is 2.14. The fraction of sp³-hybridized carbons (Fsp3) is 0.529. The Morgan fingerprint density at radius 2 is 2.00 bits per heavy atom. The van der Waals surface area contributed by atoms with Crippen LogP contribution in [0.1, 0.15) is 45.1 Å². The van der Waals surface area contributed by atoms with Gasteiger partial charge in [-0.05, 0) is 18.9 Å². The molecule has 0 saturated heterocycles. The van der Waals surface area contributed by atoms with Gasteiger partial charge in [-0.15, -0.1) is 0 Å². The van der Waals surface area contributed by atoms with Crippen molar-refractivity contribution in [1.82, 2.24) is 5.06 Å². The third-order valence-electron chi connectivity index (χ3n) is 3.49. The number of nitrogens with zero attached hydrogens (tertiary/aromatic N) is 1. The summed E-state index contributed by atoms with van der Waals surface area (Å²) in [7, 11) is 0. The number of unbranched alkanes of at least 4 members (excludes halogenated alkanes) is 2. The zero-order chi connectivity index (χ0) is 15.5. The summed E-state index contributed by atoms with van der Waals surface area (Å²) in [5, 5.41) is 1.24. The van der Waals surface area contributed by atoms with Crippen molar-refractivity contribution in [3.05, 3.63) is 35.9 Å². The molecule has 1 rings (SSSR count). The van der Waals surface area contributed by atoms with Gasteiger partial charge >= 0.3 is 0 Å². The number of ketones is 1. The highest BCUT2D eigenvalue weighted by atomic mass is 16.7. The highest BCUT2D eigenvalue weighted by Gasteiger charge is 2.18. The fourth-order valence-corrected chi connectivity index (χ4v) is 2.14. The summed E-state index contributed by atoms with van der Waals surface area (Å²) >= 11 is 0. The predicted octanol–water partition coefficient (Wildman–Crippen LogP) is 3.36. The summed E-state index contributed by atoms with van der Waals surface area (Å²) < 4.78 is 0. The number of carbonyl (C=O) groups excluding carboxylic acids is 2. The number of rotatable bonds is 11. The molecule has 0 aliphatic carbocycles. The first-order chi connectivity index (χ1) is 10.2. The third kappa shape index (κ3) is 7.04. The van der Waals surface area contributed by atoms with Crippen molar-refractivity contribution >= 4 is 12.2 Å². The van der Waals surface area contributed by atoms with Crippen molar-refractivity contribution in [3.8, 4) is 0 Å². The average Bonchev–Trinajstić information content (AvgIpc) is 2.50. The van der Waals surface area contributed by atoms with Gasteiger partial charge in [-0.3, -0.25) is 14.4 Å². The van der Waals surface area contributed by atoms with Crippen LogP contribution in [-0.4, -0.2) is 23.8 Å². The highest BCUT2D eigenvalue weighted by molar-refractivity contribution is 5.78. The smallest absolute Gasteiger partial charge is 0.233 e. The van der Waals surface area contributed by atoms with Gasteiger partial charge < -0.3 is 0 Å². The maximum absolute atomic E-state index is 11.7. The Kier molecular flexibility index (Phi) is 8.36. The second-order valence-corrected chi connectivity index (χ2v) is 5.27. The van der Waals surface area contributed by atoms with Crippen LogP contribution < -0.4 is 0 Å². The molecule has 0 unspecified atom stereocenters. The number of Topliss-reactive ketones (excluding diaryl/α,β-unsaturated/α-hetero) is 1. The molecule has 0 fully saturated rings. The van der Waals surface area contributed by atoms with E-state index in [1.807, 2.05) is 30.3 Å². The molecule has 1 aromatic rings. The molecule has 4 heteroatoms. The van der Waals surface area contributed by atoms with E-state index in [4.69, 9.17) is 4.84 Å². The van der Waals surface area contributed by atoms with Crippen molar-refractivity contribution in [3.63, 3.8) is 0 Å². The lowest BCUT2D eigenvalue weighted by molar-refractivity contribution is -0.181. The monoisotopic (exact) mass is 291 g/mol. The van der Waals surface area contributed by atoms with Gasteiger partial charge in [0.2, 0.25) is 6.41 Å². The first-order valence-electron chi connectivity index (χ1n) is 7.56. The first kappa shape index (κ1) is 17.4. The van der Waals surface area contributed by atoms with E-state index in [1.54, 1.807) is 6.92 Å². The Hall–Kier alpha value is -1.68. The zero-order valence-corrected chi connectivity index (χ0v) is 13.0. The molecule has 1 atom stereocenters. The van der Waals surface area contributed by atoms with Gasteiger partial charge in [-0.25, -0.2) is 5.06 Å². The normalized spacial score (nSPS) is 11.9. The maximum atomic E-state index is 11.7. The zero-order valence-electron chi connectivity index (χ0n) is 13.0. The lowest BCUT2D eigenvalue weighted by Crippen LogP contribution is -2.31.